The van der Waals surface area contributed by atoms with Gasteiger partial charge in [0, 0.05) is 6.42 Å². The Hall–Kier alpha value is -0.910. The van der Waals surface area contributed by atoms with Gasteiger partial charge < -0.3 is 20.4 Å². The lowest BCUT2D eigenvalue weighted by Gasteiger charge is -2.15. The average molecular weight is 330 g/mol. The molecule has 4 N–H and O–H groups in total. The van der Waals surface area contributed by atoms with Crippen molar-refractivity contribution in [3.63, 3.8) is 0 Å². The second-order valence-electron chi connectivity index (χ2n) is 6.21. The summed E-state index contributed by atoms with van der Waals surface area (Å²) >= 11 is 0. The summed E-state index contributed by atoms with van der Waals surface area (Å²) in [4.78, 5) is 10.4. The molecule has 0 rings (SSSR count). The van der Waals surface area contributed by atoms with Crippen LogP contribution in [0.25, 0.3) is 0 Å². The van der Waals surface area contributed by atoms with Gasteiger partial charge >= 0.3 is 5.97 Å². The van der Waals surface area contributed by atoms with E-state index in [9.17, 15) is 20.1 Å². The van der Waals surface area contributed by atoms with E-state index in [1.54, 1.807) is 6.08 Å². The predicted octanol–water partition coefficient (Wildman–Crippen LogP) is 3.02. The predicted molar refractivity (Wildman–Crippen MR) is 91.3 cm³/mol. The van der Waals surface area contributed by atoms with Crippen molar-refractivity contribution in [2.75, 3.05) is 0 Å². The summed E-state index contributed by atoms with van der Waals surface area (Å²) in [6.45, 7) is 2.11. The van der Waals surface area contributed by atoms with Crippen molar-refractivity contribution in [3.05, 3.63) is 12.2 Å². The Labute approximate surface area is 140 Å². The van der Waals surface area contributed by atoms with Gasteiger partial charge in [0.2, 0.25) is 0 Å². The van der Waals surface area contributed by atoms with Crippen LogP contribution in [0.1, 0.15) is 77.6 Å². The zero-order valence-corrected chi connectivity index (χ0v) is 14.4. The number of rotatable bonds is 15. The maximum Gasteiger partial charge on any atom is 0.303 e. The van der Waals surface area contributed by atoms with E-state index >= 15 is 0 Å². The van der Waals surface area contributed by atoms with Gasteiger partial charge in [-0.3, -0.25) is 4.79 Å². The quantitative estimate of drug-likeness (QED) is 0.273. The van der Waals surface area contributed by atoms with E-state index in [1.807, 2.05) is 0 Å². The average Bonchev–Trinajstić information content (AvgIpc) is 2.51. The van der Waals surface area contributed by atoms with Crippen molar-refractivity contribution in [2.24, 2.45) is 0 Å². The molecule has 5 heteroatoms. The molecule has 0 bridgehead atoms. The highest BCUT2D eigenvalue weighted by Gasteiger charge is 2.13. The highest BCUT2D eigenvalue weighted by atomic mass is 16.4. The lowest BCUT2D eigenvalue weighted by atomic mass is 10.0. The first-order valence-electron chi connectivity index (χ1n) is 8.91. The molecule has 0 amide bonds. The van der Waals surface area contributed by atoms with Crippen molar-refractivity contribution in [3.8, 4) is 0 Å². The molecule has 0 unspecified atom stereocenters. The highest BCUT2D eigenvalue weighted by Crippen LogP contribution is 2.12. The molecular weight excluding hydrogens is 296 g/mol. The molecule has 0 aliphatic heterocycles. The van der Waals surface area contributed by atoms with Gasteiger partial charge in [0.05, 0.1) is 18.3 Å². The molecule has 0 saturated heterocycles. The number of carboxylic acids is 1. The van der Waals surface area contributed by atoms with E-state index in [2.05, 4.69) is 6.92 Å². The molecule has 3 atom stereocenters. The summed E-state index contributed by atoms with van der Waals surface area (Å²) in [7, 11) is 0. The zero-order valence-electron chi connectivity index (χ0n) is 14.4. The zero-order chi connectivity index (χ0) is 17.5. The normalized spacial score (nSPS) is 15.7. The molecule has 0 aliphatic rings. The van der Waals surface area contributed by atoms with Gasteiger partial charge in [0.15, 0.2) is 0 Å². The smallest absolute Gasteiger partial charge is 0.303 e. The van der Waals surface area contributed by atoms with Gasteiger partial charge in [-0.2, -0.15) is 0 Å². The molecule has 0 aromatic rings. The number of aliphatic hydroxyl groups excluding tert-OH is 3. The van der Waals surface area contributed by atoms with Crippen molar-refractivity contribution in [2.45, 2.75) is 95.9 Å². The summed E-state index contributed by atoms with van der Waals surface area (Å²) in [5.74, 6) is -0.757. The minimum atomic E-state index is -0.942. The van der Waals surface area contributed by atoms with Crippen LogP contribution in [0, 0.1) is 0 Å². The Morgan fingerprint density at radius 3 is 2.13 bits per heavy atom. The van der Waals surface area contributed by atoms with E-state index in [0.717, 1.165) is 44.9 Å². The molecule has 5 nitrogen and oxygen atoms in total. The van der Waals surface area contributed by atoms with Crippen LogP contribution in [0.15, 0.2) is 12.2 Å². The Balaban J connectivity index is 3.68. The number of hydrogen-bond acceptors (Lipinski definition) is 4. The van der Waals surface area contributed by atoms with Crippen LogP contribution in [0.3, 0.4) is 0 Å². The van der Waals surface area contributed by atoms with Gasteiger partial charge in [0.1, 0.15) is 0 Å². The second-order valence-corrected chi connectivity index (χ2v) is 6.21. The molecule has 0 fully saturated rings. The van der Waals surface area contributed by atoms with Crippen LogP contribution in [-0.4, -0.2) is 44.7 Å². The summed E-state index contributed by atoms with van der Waals surface area (Å²) in [5.41, 5.74) is 0. The minimum Gasteiger partial charge on any atom is -0.481 e. The molecule has 0 aromatic heterocycles. The molecule has 0 spiro atoms. The third kappa shape index (κ3) is 14.4. The molecular formula is C18H34O5. The fraction of sp³-hybridized carbons (Fsp3) is 0.833. The number of carbonyl (C=O) groups is 1. The molecule has 0 radical (unpaired) electrons. The summed E-state index contributed by atoms with van der Waals surface area (Å²) in [6.07, 6.45) is 9.55. The summed E-state index contributed by atoms with van der Waals surface area (Å²) in [6, 6.07) is 0. The summed E-state index contributed by atoms with van der Waals surface area (Å²) < 4.78 is 0. The number of aliphatic carboxylic acids is 1. The van der Waals surface area contributed by atoms with Crippen molar-refractivity contribution in [1.82, 2.24) is 0 Å². The van der Waals surface area contributed by atoms with Gasteiger partial charge in [0.25, 0.3) is 0 Å². The number of hydrogen-bond donors (Lipinski definition) is 4. The number of carboxylic acid groups (broad SMARTS) is 1. The fourth-order valence-corrected chi connectivity index (χ4v) is 2.40. The van der Waals surface area contributed by atoms with Gasteiger partial charge in [-0.15, -0.1) is 0 Å². The third-order valence-corrected chi connectivity index (χ3v) is 3.92. The first-order valence-corrected chi connectivity index (χ1v) is 8.91. The topological polar surface area (TPSA) is 98.0 Å². The maximum absolute atomic E-state index is 10.4. The van der Waals surface area contributed by atoms with E-state index < -0.39 is 24.3 Å². The van der Waals surface area contributed by atoms with E-state index in [-0.39, 0.29) is 6.42 Å². The van der Waals surface area contributed by atoms with Crippen LogP contribution in [0.2, 0.25) is 0 Å². The van der Waals surface area contributed by atoms with Crippen LogP contribution in [0.4, 0.5) is 0 Å². The standard InChI is InChI=1S/C18H34O5/c1-2-3-7-10-15(19)13-14-17(21)16(20)11-8-5-4-6-9-12-18(22)23/h13-17,19-21H,2-12H2,1H3,(H,22,23)/b14-13+/t15-,16+,17-/m0/s1. The van der Waals surface area contributed by atoms with Crippen molar-refractivity contribution >= 4 is 5.97 Å². The Bertz CT molecular complexity index is 317. The van der Waals surface area contributed by atoms with Crippen molar-refractivity contribution in [1.29, 1.82) is 0 Å². The minimum absolute atomic E-state index is 0.215. The lowest BCUT2D eigenvalue weighted by Crippen LogP contribution is -2.24. The highest BCUT2D eigenvalue weighted by molar-refractivity contribution is 5.66. The van der Waals surface area contributed by atoms with Crippen molar-refractivity contribution < 1.29 is 25.2 Å². The Kier molecular flexibility index (Phi) is 14.1. The SMILES string of the molecule is CCCCC[C@H](O)/C=C/[C@H](O)[C@H](O)CCCCCCCC(=O)O. The van der Waals surface area contributed by atoms with E-state index in [4.69, 9.17) is 5.11 Å². The second kappa shape index (κ2) is 14.7. The monoisotopic (exact) mass is 330 g/mol. The Morgan fingerprint density at radius 2 is 1.48 bits per heavy atom. The molecule has 23 heavy (non-hydrogen) atoms. The first-order chi connectivity index (χ1) is 11.0. The lowest BCUT2D eigenvalue weighted by molar-refractivity contribution is -0.137. The Morgan fingerprint density at radius 1 is 0.870 bits per heavy atom. The fourth-order valence-electron chi connectivity index (χ4n) is 2.40. The van der Waals surface area contributed by atoms with E-state index in [1.165, 1.54) is 6.08 Å². The molecule has 0 saturated carbocycles. The van der Waals surface area contributed by atoms with Crippen LogP contribution < -0.4 is 0 Å². The number of aliphatic hydroxyl groups is 3. The molecule has 0 aliphatic carbocycles. The van der Waals surface area contributed by atoms with Gasteiger partial charge in [-0.25, -0.2) is 0 Å². The molecule has 136 valence electrons. The largest absolute Gasteiger partial charge is 0.481 e. The number of unbranched alkanes of at least 4 members (excludes halogenated alkanes) is 6. The third-order valence-electron chi connectivity index (χ3n) is 3.92. The first kappa shape index (κ1) is 22.1. The van der Waals surface area contributed by atoms with Gasteiger partial charge in [-0.05, 0) is 19.3 Å². The molecule has 0 aromatic carbocycles. The molecule has 0 heterocycles. The maximum atomic E-state index is 10.4. The van der Waals surface area contributed by atoms with E-state index in [0.29, 0.717) is 19.3 Å². The van der Waals surface area contributed by atoms with Crippen LogP contribution >= 0.6 is 0 Å². The van der Waals surface area contributed by atoms with Crippen LogP contribution in [0.5, 0.6) is 0 Å². The van der Waals surface area contributed by atoms with Crippen LogP contribution in [-0.2, 0) is 4.79 Å². The summed E-state index contributed by atoms with van der Waals surface area (Å²) in [5, 5.41) is 37.9. The van der Waals surface area contributed by atoms with Gasteiger partial charge in [-0.1, -0.05) is 64.0 Å².